The van der Waals surface area contributed by atoms with Gasteiger partial charge in [0.1, 0.15) is 0 Å². The number of unbranched alkanes of at least 4 members (excludes halogenated alkanes) is 1. The molecule has 0 atom stereocenters. The third-order valence-electron chi connectivity index (χ3n) is 4.89. The van der Waals surface area contributed by atoms with Gasteiger partial charge in [0, 0.05) is 32.6 Å². The van der Waals surface area contributed by atoms with Crippen LogP contribution in [0.2, 0.25) is 0 Å². The van der Waals surface area contributed by atoms with E-state index < -0.39 is 29.9 Å². The minimum absolute atomic E-state index is 0.185. The number of esters is 2. The molecule has 8 heteroatoms. The van der Waals surface area contributed by atoms with Gasteiger partial charge in [-0.15, -0.1) is 0 Å². The van der Waals surface area contributed by atoms with E-state index in [1.807, 2.05) is 26.0 Å². The Hall–Kier alpha value is -2.77. The number of hydrogen-bond donors (Lipinski definition) is 0. The summed E-state index contributed by atoms with van der Waals surface area (Å²) in [6.45, 7) is 12.7. The highest BCUT2D eigenvalue weighted by Gasteiger charge is 2.49. The van der Waals surface area contributed by atoms with Crippen LogP contribution in [0, 0.1) is 6.92 Å². The van der Waals surface area contributed by atoms with Crippen LogP contribution in [0.4, 0.5) is 16.2 Å². The molecule has 8 nitrogen and oxygen atoms in total. The van der Waals surface area contributed by atoms with E-state index in [2.05, 4.69) is 18.7 Å². The number of cyclic esters (lactones) is 2. The molecule has 1 aromatic rings. The number of carbonyl (C=O) groups is 3. The van der Waals surface area contributed by atoms with Gasteiger partial charge in [0.25, 0.3) is 5.79 Å². The van der Waals surface area contributed by atoms with E-state index in [0.29, 0.717) is 12.1 Å². The molecule has 0 unspecified atom stereocenters. The van der Waals surface area contributed by atoms with Crippen molar-refractivity contribution in [3.63, 3.8) is 0 Å². The first-order chi connectivity index (χ1) is 14.1. The Kier molecular flexibility index (Phi) is 7.70. The first-order valence-corrected chi connectivity index (χ1v) is 10.4. The summed E-state index contributed by atoms with van der Waals surface area (Å²) in [6, 6.07) is 3.92. The van der Waals surface area contributed by atoms with Crippen LogP contribution in [0.1, 0.15) is 53.0 Å². The van der Waals surface area contributed by atoms with Crippen LogP contribution in [0.5, 0.6) is 0 Å². The molecule has 0 aliphatic carbocycles. The van der Waals surface area contributed by atoms with E-state index in [-0.39, 0.29) is 6.61 Å². The van der Waals surface area contributed by atoms with Crippen molar-refractivity contribution < 1.29 is 28.6 Å². The number of rotatable bonds is 8. The van der Waals surface area contributed by atoms with Crippen LogP contribution in [0.25, 0.3) is 0 Å². The van der Waals surface area contributed by atoms with Gasteiger partial charge in [-0.2, -0.15) is 0 Å². The summed E-state index contributed by atoms with van der Waals surface area (Å²) >= 11 is 0. The van der Waals surface area contributed by atoms with Gasteiger partial charge in [0.2, 0.25) is 6.04 Å². The van der Waals surface area contributed by atoms with Gasteiger partial charge in [-0.05, 0) is 51.0 Å². The molecular weight excluding hydrogens is 388 g/mol. The van der Waals surface area contributed by atoms with Gasteiger partial charge in [-0.1, -0.05) is 13.3 Å². The number of aryl methyl sites for hydroxylation is 1. The van der Waals surface area contributed by atoms with Crippen LogP contribution >= 0.6 is 0 Å². The zero-order valence-corrected chi connectivity index (χ0v) is 18.7. The fourth-order valence-electron chi connectivity index (χ4n) is 3.34. The lowest BCUT2D eigenvalue weighted by Gasteiger charge is -2.37. The molecule has 1 amide bonds. The molecule has 30 heavy (non-hydrogen) atoms. The highest BCUT2D eigenvalue weighted by Crippen LogP contribution is 2.31. The summed E-state index contributed by atoms with van der Waals surface area (Å²) in [6.07, 6.45) is 0.722. The Morgan fingerprint density at radius 1 is 1.10 bits per heavy atom. The minimum atomic E-state index is -1.56. The molecule has 0 radical (unpaired) electrons. The second kappa shape index (κ2) is 9.82. The number of anilines is 2. The fraction of sp³-hybridized carbons (Fsp3) is 0.591. The molecule has 2 rings (SSSR count). The summed E-state index contributed by atoms with van der Waals surface area (Å²) < 4.78 is 15.8. The molecule has 0 N–H and O–H groups in total. The van der Waals surface area contributed by atoms with Crippen LogP contribution in [0.3, 0.4) is 0 Å². The maximum absolute atomic E-state index is 12.9. The van der Waals surface area contributed by atoms with Crippen molar-refractivity contribution in [2.45, 2.75) is 66.2 Å². The molecule has 1 heterocycles. The molecular formula is C22H32N2O6. The average molecular weight is 421 g/mol. The average Bonchev–Trinajstić information content (AvgIpc) is 2.65. The molecule has 1 aromatic carbocycles. The summed E-state index contributed by atoms with van der Waals surface area (Å²) in [7, 11) is 0. The summed E-state index contributed by atoms with van der Waals surface area (Å²) in [4.78, 5) is 41.5. The maximum atomic E-state index is 12.9. The van der Waals surface area contributed by atoms with Crippen LogP contribution in [-0.4, -0.2) is 49.6 Å². The van der Waals surface area contributed by atoms with Gasteiger partial charge >= 0.3 is 18.0 Å². The molecule has 166 valence electrons. The maximum Gasteiger partial charge on any atom is 0.415 e. The second-order valence-corrected chi connectivity index (χ2v) is 7.63. The van der Waals surface area contributed by atoms with E-state index >= 15 is 0 Å². The highest BCUT2D eigenvalue weighted by atomic mass is 16.7. The third-order valence-corrected chi connectivity index (χ3v) is 4.89. The zero-order valence-electron chi connectivity index (χ0n) is 18.7. The number of ether oxygens (including phenoxy) is 3. The molecule has 0 aromatic heterocycles. The van der Waals surface area contributed by atoms with E-state index in [0.717, 1.165) is 35.7 Å². The van der Waals surface area contributed by atoms with Crippen molar-refractivity contribution in [2.75, 3.05) is 29.5 Å². The topological polar surface area (TPSA) is 85.4 Å². The van der Waals surface area contributed by atoms with Gasteiger partial charge < -0.3 is 19.1 Å². The number of hydrogen-bond acceptors (Lipinski definition) is 7. The Balaban J connectivity index is 2.45. The van der Waals surface area contributed by atoms with Crippen molar-refractivity contribution in [1.29, 1.82) is 0 Å². The first-order valence-electron chi connectivity index (χ1n) is 10.4. The molecule has 0 saturated carbocycles. The summed E-state index contributed by atoms with van der Waals surface area (Å²) in [5.41, 5.74) is 2.10. The van der Waals surface area contributed by atoms with Gasteiger partial charge in [-0.25, -0.2) is 14.4 Å². The number of carbonyl (C=O) groups excluding carboxylic acids is 3. The van der Waals surface area contributed by atoms with Crippen LogP contribution in [0.15, 0.2) is 18.2 Å². The summed E-state index contributed by atoms with van der Waals surface area (Å²) in [5, 5.41) is 0. The van der Waals surface area contributed by atoms with E-state index in [1.165, 1.54) is 13.8 Å². The van der Waals surface area contributed by atoms with Crippen LogP contribution in [-0.2, 0) is 23.8 Å². The van der Waals surface area contributed by atoms with Crippen molar-refractivity contribution >= 4 is 29.4 Å². The number of amides is 1. The Bertz CT molecular complexity index is 768. The normalized spacial score (nSPS) is 15.9. The largest absolute Gasteiger partial charge is 0.449 e. The number of benzene rings is 1. The molecule has 0 spiro atoms. The highest BCUT2D eigenvalue weighted by molar-refractivity contribution is 6.10. The zero-order chi connectivity index (χ0) is 22.5. The van der Waals surface area contributed by atoms with Gasteiger partial charge in [0.15, 0.2) is 0 Å². The van der Waals surface area contributed by atoms with Crippen molar-refractivity contribution in [2.24, 2.45) is 0 Å². The smallest absolute Gasteiger partial charge is 0.415 e. The third kappa shape index (κ3) is 5.23. The van der Waals surface area contributed by atoms with Crippen molar-refractivity contribution in [3.8, 4) is 0 Å². The lowest BCUT2D eigenvalue weighted by atomic mass is 10.1. The minimum Gasteiger partial charge on any atom is -0.449 e. The molecule has 1 fully saturated rings. The number of nitrogens with zero attached hydrogens (tertiary/aromatic N) is 2. The van der Waals surface area contributed by atoms with E-state index in [1.54, 1.807) is 6.07 Å². The molecule has 1 saturated heterocycles. The lowest BCUT2D eigenvalue weighted by Crippen LogP contribution is -2.59. The van der Waals surface area contributed by atoms with Gasteiger partial charge in [-0.3, -0.25) is 4.90 Å². The molecule has 1 aliphatic heterocycles. The monoisotopic (exact) mass is 420 g/mol. The predicted molar refractivity (Wildman–Crippen MR) is 114 cm³/mol. The first kappa shape index (κ1) is 23.5. The fourth-order valence-corrected chi connectivity index (χ4v) is 3.34. The van der Waals surface area contributed by atoms with E-state index in [4.69, 9.17) is 14.2 Å². The Morgan fingerprint density at radius 3 is 2.20 bits per heavy atom. The van der Waals surface area contributed by atoms with Crippen molar-refractivity contribution in [3.05, 3.63) is 23.8 Å². The standard InChI is InChI=1S/C22H32N2O6/c1-7-10-13-28-21(27)24(18-19(25)29-22(5,6)30-20(18)26)17-12-11-16(14-15(17)4)23(8-2)9-3/h11-12,14,18H,7-10,13H2,1-6H3. The Morgan fingerprint density at radius 2 is 1.70 bits per heavy atom. The predicted octanol–water partition coefficient (Wildman–Crippen LogP) is 3.79. The van der Waals surface area contributed by atoms with E-state index in [9.17, 15) is 14.4 Å². The quantitative estimate of drug-likeness (QED) is 0.359. The molecule has 1 aliphatic rings. The van der Waals surface area contributed by atoms with Gasteiger partial charge in [0.05, 0.1) is 12.3 Å². The second-order valence-electron chi connectivity index (χ2n) is 7.63. The SMILES string of the molecule is CCCCOC(=O)N(c1ccc(N(CC)CC)cc1C)C1C(=O)OC(C)(C)OC1=O. The Labute approximate surface area is 178 Å². The van der Waals surface area contributed by atoms with Crippen molar-refractivity contribution in [1.82, 2.24) is 0 Å². The summed E-state index contributed by atoms with van der Waals surface area (Å²) in [5.74, 6) is -3.09. The van der Waals surface area contributed by atoms with Crippen LogP contribution < -0.4 is 9.80 Å². The lowest BCUT2D eigenvalue weighted by molar-refractivity contribution is -0.234. The molecule has 0 bridgehead atoms.